The molecule has 84 valence electrons. The lowest BCUT2D eigenvalue weighted by Gasteiger charge is -2.17. The lowest BCUT2D eigenvalue weighted by atomic mass is 10.0. The molecule has 0 radical (unpaired) electrons. The maximum Gasteiger partial charge on any atom is 0.137 e. The zero-order valence-corrected chi connectivity index (χ0v) is 9.93. The first-order valence-electron chi connectivity index (χ1n) is 4.76. The Labute approximate surface area is 95.0 Å². The lowest BCUT2D eigenvalue weighted by Crippen LogP contribution is -2.20. The van der Waals surface area contributed by atoms with E-state index in [9.17, 15) is 5.11 Å². The summed E-state index contributed by atoms with van der Waals surface area (Å²) >= 11 is 6.03. The van der Waals surface area contributed by atoms with Crippen LogP contribution in [-0.4, -0.2) is 25.9 Å². The molecule has 4 heteroatoms. The smallest absolute Gasteiger partial charge is 0.137 e. The summed E-state index contributed by atoms with van der Waals surface area (Å²) in [5.41, 5.74) is 2.04. The highest BCUT2D eigenvalue weighted by Crippen LogP contribution is 2.30. The van der Waals surface area contributed by atoms with Crippen molar-refractivity contribution in [3.05, 3.63) is 28.3 Å². The number of likely N-dealkylation sites (N-methyl/N-ethyl adjacent to an activating group) is 1. The standard InChI is InChI=1S/C11H16ClNO2/c1-7-4-11(15-3)9(12)5-8(7)10(6-14)13-2/h4-5,10,13-14H,6H2,1-3H3. The number of nitrogens with one attached hydrogen (secondary N) is 1. The third-order valence-corrected chi connectivity index (χ3v) is 2.74. The van der Waals surface area contributed by atoms with Crippen molar-refractivity contribution in [3.63, 3.8) is 0 Å². The van der Waals surface area contributed by atoms with Crippen molar-refractivity contribution >= 4 is 11.6 Å². The van der Waals surface area contributed by atoms with Crippen molar-refractivity contribution in [2.45, 2.75) is 13.0 Å². The minimum Gasteiger partial charge on any atom is -0.495 e. The van der Waals surface area contributed by atoms with E-state index in [-0.39, 0.29) is 12.6 Å². The highest BCUT2D eigenvalue weighted by Gasteiger charge is 2.13. The molecule has 0 aromatic heterocycles. The Balaban J connectivity index is 3.14. The molecule has 0 saturated heterocycles. The summed E-state index contributed by atoms with van der Waals surface area (Å²) in [6.07, 6.45) is 0. The molecule has 0 aliphatic heterocycles. The van der Waals surface area contributed by atoms with Crippen molar-refractivity contribution in [3.8, 4) is 5.75 Å². The highest BCUT2D eigenvalue weighted by molar-refractivity contribution is 6.32. The van der Waals surface area contributed by atoms with Crippen LogP contribution < -0.4 is 10.1 Å². The molecule has 0 aliphatic carbocycles. The van der Waals surface area contributed by atoms with E-state index in [0.717, 1.165) is 11.1 Å². The fourth-order valence-electron chi connectivity index (χ4n) is 1.55. The Bertz CT molecular complexity index is 338. The molecule has 0 saturated carbocycles. The van der Waals surface area contributed by atoms with Gasteiger partial charge >= 0.3 is 0 Å². The zero-order valence-electron chi connectivity index (χ0n) is 9.17. The van der Waals surface area contributed by atoms with Gasteiger partial charge < -0.3 is 15.2 Å². The fourth-order valence-corrected chi connectivity index (χ4v) is 1.80. The van der Waals surface area contributed by atoms with Crippen molar-refractivity contribution in [1.29, 1.82) is 0 Å². The number of aryl methyl sites for hydroxylation is 1. The molecule has 1 unspecified atom stereocenters. The van der Waals surface area contributed by atoms with Crippen molar-refractivity contribution in [2.75, 3.05) is 20.8 Å². The third kappa shape index (κ3) is 2.62. The summed E-state index contributed by atoms with van der Waals surface area (Å²) < 4.78 is 5.11. The van der Waals surface area contributed by atoms with Crippen LogP contribution in [-0.2, 0) is 0 Å². The molecule has 2 N–H and O–H groups in total. The predicted octanol–water partition coefficient (Wildman–Crippen LogP) is 1.91. The van der Waals surface area contributed by atoms with E-state index in [2.05, 4.69) is 5.32 Å². The van der Waals surface area contributed by atoms with Crippen molar-refractivity contribution in [2.24, 2.45) is 0 Å². The van der Waals surface area contributed by atoms with Crippen LogP contribution in [0.5, 0.6) is 5.75 Å². The molecule has 0 spiro atoms. The average Bonchev–Trinajstić information content (AvgIpc) is 2.24. The molecule has 1 aromatic rings. The van der Waals surface area contributed by atoms with Gasteiger partial charge in [0.15, 0.2) is 0 Å². The Morgan fingerprint density at radius 3 is 2.67 bits per heavy atom. The second-order valence-corrected chi connectivity index (χ2v) is 3.77. The zero-order chi connectivity index (χ0) is 11.4. The van der Waals surface area contributed by atoms with Crippen LogP contribution in [0, 0.1) is 6.92 Å². The number of benzene rings is 1. The topological polar surface area (TPSA) is 41.5 Å². The average molecular weight is 230 g/mol. The van der Waals surface area contributed by atoms with E-state index in [0.29, 0.717) is 10.8 Å². The van der Waals surface area contributed by atoms with Gasteiger partial charge in [-0.3, -0.25) is 0 Å². The van der Waals surface area contributed by atoms with Crippen LogP contribution in [0.3, 0.4) is 0 Å². The van der Waals surface area contributed by atoms with E-state index in [1.165, 1.54) is 0 Å². The number of aliphatic hydroxyl groups is 1. The first-order valence-corrected chi connectivity index (χ1v) is 5.14. The SMILES string of the molecule is CNC(CO)c1cc(Cl)c(OC)cc1C. The van der Waals surface area contributed by atoms with Gasteiger partial charge in [0.2, 0.25) is 0 Å². The summed E-state index contributed by atoms with van der Waals surface area (Å²) in [5.74, 6) is 0.658. The predicted molar refractivity (Wildman–Crippen MR) is 61.6 cm³/mol. The molecular weight excluding hydrogens is 214 g/mol. The second-order valence-electron chi connectivity index (χ2n) is 3.37. The van der Waals surface area contributed by atoms with E-state index in [1.54, 1.807) is 14.2 Å². The Kier molecular flexibility index (Phi) is 4.39. The van der Waals surface area contributed by atoms with Crippen LogP contribution in [0.1, 0.15) is 17.2 Å². The monoisotopic (exact) mass is 229 g/mol. The minimum absolute atomic E-state index is 0.0417. The van der Waals surface area contributed by atoms with Crippen molar-refractivity contribution < 1.29 is 9.84 Å². The summed E-state index contributed by atoms with van der Waals surface area (Å²) in [6.45, 7) is 2.01. The van der Waals surface area contributed by atoms with Gasteiger partial charge in [0.05, 0.1) is 24.8 Å². The first kappa shape index (κ1) is 12.3. The van der Waals surface area contributed by atoms with Crippen LogP contribution >= 0.6 is 11.6 Å². The fraction of sp³-hybridized carbons (Fsp3) is 0.455. The Hall–Kier alpha value is -0.770. The third-order valence-electron chi connectivity index (χ3n) is 2.45. The van der Waals surface area contributed by atoms with Crippen molar-refractivity contribution in [1.82, 2.24) is 5.32 Å². The maximum atomic E-state index is 9.18. The number of ether oxygens (including phenoxy) is 1. The van der Waals surface area contributed by atoms with Gasteiger partial charge in [-0.1, -0.05) is 11.6 Å². The molecule has 1 rings (SSSR count). The Morgan fingerprint density at radius 1 is 1.53 bits per heavy atom. The van der Waals surface area contributed by atoms with Gasteiger partial charge in [-0.15, -0.1) is 0 Å². The molecule has 15 heavy (non-hydrogen) atoms. The number of hydrogen-bond acceptors (Lipinski definition) is 3. The summed E-state index contributed by atoms with van der Waals surface area (Å²) in [5, 5.41) is 12.8. The first-order chi connectivity index (χ1) is 7.13. The summed E-state index contributed by atoms with van der Waals surface area (Å²) in [4.78, 5) is 0. The number of aliphatic hydroxyl groups excluding tert-OH is 1. The second kappa shape index (κ2) is 5.35. The van der Waals surface area contributed by atoms with Crippen LogP contribution in [0.25, 0.3) is 0 Å². The normalized spacial score (nSPS) is 12.6. The molecular formula is C11H16ClNO2. The van der Waals surface area contributed by atoms with Gasteiger partial charge in [0.1, 0.15) is 5.75 Å². The van der Waals surface area contributed by atoms with Gasteiger partial charge in [-0.25, -0.2) is 0 Å². The maximum absolute atomic E-state index is 9.18. The number of methoxy groups -OCH3 is 1. The highest BCUT2D eigenvalue weighted by atomic mass is 35.5. The largest absolute Gasteiger partial charge is 0.495 e. The molecule has 0 aliphatic rings. The van der Waals surface area contributed by atoms with Gasteiger partial charge in [0, 0.05) is 0 Å². The van der Waals surface area contributed by atoms with Crippen LogP contribution in [0.15, 0.2) is 12.1 Å². The van der Waals surface area contributed by atoms with Gasteiger partial charge in [-0.05, 0) is 37.2 Å². The van der Waals surface area contributed by atoms with E-state index in [4.69, 9.17) is 16.3 Å². The van der Waals surface area contributed by atoms with Crippen LogP contribution in [0.4, 0.5) is 0 Å². The van der Waals surface area contributed by atoms with E-state index < -0.39 is 0 Å². The molecule has 0 fully saturated rings. The number of rotatable bonds is 4. The van der Waals surface area contributed by atoms with Gasteiger partial charge in [-0.2, -0.15) is 0 Å². The molecule has 0 bridgehead atoms. The molecule has 3 nitrogen and oxygen atoms in total. The van der Waals surface area contributed by atoms with E-state index >= 15 is 0 Å². The molecule has 1 atom stereocenters. The molecule has 0 heterocycles. The van der Waals surface area contributed by atoms with Gasteiger partial charge in [0.25, 0.3) is 0 Å². The minimum atomic E-state index is -0.0894. The Morgan fingerprint density at radius 2 is 2.20 bits per heavy atom. The lowest BCUT2D eigenvalue weighted by molar-refractivity contribution is 0.250. The number of hydrogen-bond donors (Lipinski definition) is 2. The number of halogens is 1. The summed E-state index contributed by atoms with van der Waals surface area (Å²) in [6, 6.07) is 3.61. The molecule has 1 aromatic carbocycles. The quantitative estimate of drug-likeness (QED) is 0.829. The van der Waals surface area contributed by atoms with Crippen LogP contribution in [0.2, 0.25) is 5.02 Å². The van der Waals surface area contributed by atoms with E-state index in [1.807, 2.05) is 19.1 Å². The summed E-state index contributed by atoms with van der Waals surface area (Å²) in [7, 11) is 3.39. The molecule has 0 amide bonds.